The van der Waals surface area contributed by atoms with Crippen molar-refractivity contribution in [2.45, 2.75) is 6.42 Å². The van der Waals surface area contributed by atoms with Crippen molar-refractivity contribution in [3.63, 3.8) is 0 Å². The number of benzene rings is 1. The molecule has 0 N–H and O–H groups in total. The number of rotatable bonds is 3. The molecule has 23 heavy (non-hydrogen) atoms. The second kappa shape index (κ2) is 5.48. The maximum absolute atomic E-state index is 14.4. The second-order valence-electron chi connectivity index (χ2n) is 4.98. The van der Waals surface area contributed by atoms with Gasteiger partial charge in [-0.15, -0.1) is 10.2 Å². The van der Waals surface area contributed by atoms with E-state index in [9.17, 15) is 4.39 Å². The van der Waals surface area contributed by atoms with Crippen molar-refractivity contribution in [2.24, 2.45) is 0 Å². The minimum absolute atomic E-state index is 0.0473. The lowest BCUT2D eigenvalue weighted by molar-refractivity contribution is 0.507. The second-order valence-corrected chi connectivity index (χ2v) is 5.42. The molecule has 0 saturated heterocycles. The lowest BCUT2D eigenvalue weighted by Gasteiger charge is -1.96. The maximum Gasteiger partial charge on any atom is 0.271 e. The Kier molecular flexibility index (Phi) is 3.31. The number of aromatic nitrogens is 4. The van der Waals surface area contributed by atoms with Crippen LogP contribution >= 0.6 is 11.6 Å². The van der Waals surface area contributed by atoms with Crippen LogP contribution in [-0.2, 0) is 6.42 Å². The Morgan fingerprint density at radius 2 is 1.91 bits per heavy atom. The molecule has 0 aliphatic heterocycles. The van der Waals surface area contributed by atoms with Crippen LogP contribution in [0, 0.1) is 5.95 Å². The zero-order valence-corrected chi connectivity index (χ0v) is 12.5. The fourth-order valence-corrected chi connectivity index (χ4v) is 2.43. The third kappa shape index (κ3) is 2.57. The summed E-state index contributed by atoms with van der Waals surface area (Å²) in [5.74, 6) is -0.0729. The van der Waals surface area contributed by atoms with Gasteiger partial charge in [-0.3, -0.25) is 4.40 Å². The van der Waals surface area contributed by atoms with Gasteiger partial charge in [0.2, 0.25) is 11.8 Å². The summed E-state index contributed by atoms with van der Waals surface area (Å²) in [7, 11) is 0. The van der Waals surface area contributed by atoms with E-state index in [1.54, 1.807) is 36.5 Å². The topological polar surface area (TPSA) is 56.2 Å². The molecule has 0 radical (unpaired) electrons. The average Bonchev–Trinajstić information content (AvgIpc) is 3.15. The molecule has 0 fully saturated rings. The SMILES string of the molecule is Fc1c(-c2nnc(Cc3ccc(Cl)cc3)o2)nc2ccccn12. The van der Waals surface area contributed by atoms with Crippen molar-refractivity contribution in [2.75, 3.05) is 0 Å². The third-order valence-corrected chi connectivity index (χ3v) is 3.66. The van der Waals surface area contributed by atoms with Crippen LogP contribution in [0.25, 0.3) is 17.2 Å². The standard InChI is InChI=1S/C16H10ClFN4O/c17-11-6-4-10(5-7-11)9-13-20-21-16(23-13)14-15(18)22-8-2-1-3-12(22)19-14/h1-8H,9H2. The van der Waals surface area contributed by atoms with Crippen molar-refractivity contribution in [1.29, 1.82) is 0 Å². The minimum Gasteiger partial charge on any atom is -0.419 e. The van der Waals surface area contributed by atoms with Crippen LogP contribution in [0.4, 0.5) is 4.39 Å². The first kappa shape index (κ1) is 13.9. The summed E-state index contributed by atoms with van der Waals surface area (Å²) in [5.41, 5.74) is 1.50. The highest BCUT2D eigenvalue weighted by Crippen LogP contribution is 2.23. The van der Waals surface area contributed by atoms with Gasteiger partial charge >= 0.3 is 0 Å². The van der Waals surface area contributed by atoms with Gasteiger partial charge in [0.25, 0.3) is 5.89 Å². The predicted molar refractivity (Wildman–Crippen MR) is 82.7 cm³/mol. The minimum atomic E-state index is -0.526. The molecule has 0 aliphatic carbocycles. The Balaban J connectivity index is 1.66. The molecule has 0 aliphatic rings. The summed E-state index contributed by atoms with van der Waals surface area (Å²) >= 11 is 5.85. The molecule has 3 aromatic heterocycles. The Morgan fingerprint density at radius 1 is 1.09 bits per heavy atom. The zero-order valence-electron chi connectivity index (χ0n) is 11.8. The van der Waals surface area contributed by atoms with Crippen LogP contribution in [0.15, 0.2) is 53.1 Å². The van der Waals surface area contributed by atoms with E-state index in [2.05, 4.69) is 15.2 Å². The van der Waals surface area contributed by atoms with Crippen molar-refractivity contribution in [1.82, 2.24) is 19.6 Å². The summed E-state index contributed by atoms with van der Waals surface area (Å²) in [6.07, 6.45) is 2.03. The Hall–Kier alpha value is -2.73. The lowest BCUT2D eigenvalue weighted by Crippen LogP contribution is -1.87. The van der Waals surface area contributed by atoms with E-state index in [0.29, 0.717) is 23.0 Å². The number of imidazole rings is 1. The largest absolute Gasteiger partial charge is 0.419 e. The first-order chi connectivity index (χ1) is 11.2. The highest BCUT2D eigenvalue weighted by atomic mass is 35.5. The van der Waals surface area contributed by atoms with Gasteiger partial charge in [-0.05, 0) is 29.8 Å². The molecule has 1 aromatic carbocycles. The van der Waals surface area contributed by atoms with Gasteiger partial charge in [0.15, 0.2) is 5.69 Å². The third-order valence-electron chi connectivity index (χ3n) is 3.41. The van der Waals surface area contributed by atoms with Crippen LogP contribution in [-0.4, -0.2) is 19.6 Å². The number of pyridine rings is 1. The van der Waals surface area contributed by atoms with Gasteiger partial charge in [0.1, 0.15) is 5.65 Å². The summed E-state index contributed by atoms with van der Waals surface area (Å²) in [6.45, 7) is 0. The molecule has 7 heteroatoms. The summed E-state index contributed by atoms with van der Waals surface area (Å²) in [6, 6.07) is 12.5. The monoisotopic (exact) mass is 328 g/mol. The molecular formula is C16H10ClFN4O. The number of nitrogens with zero attached hydrogens (tertiary/aromatic N) is 4. The zero-order chi connectivity index (χ0) is 15.8. The molecule has 0 unspecified atom stereocenters. The molecule has 0 bridgehead atoms. The van der Waals surface area contributed by atoms with Crippen molar-refractivity contribution < 1.29 is 8.81 Å². The molecule has 114 valence electrons. The van der Waals surface area contributed by atoms with Crippen LogP contribution in [0.2, 0.25) is 5.02 Å². The quantitative estimate of drug-likeness (QED) is 0.574. The normalized spacial score (nSPS) is 11.2. The van der Waals surface area contributed by atoms with Crippen LogP contribution in [0.5, 0.6) is 0 Å². The Morgan fingerprint density at radius 3 is 2.70 bits per heavy atom. The van der Waals surface area contributed by atoms with Crippen LogP contribution in [0.1, 0.15) is 11.5 Å². The maximum atomic E-state index is 14.4. The smallest absolute Gasteiger partial charge is 0.271 e. The van der Waals surface area contributed by atoms with E-state index in [0.717, 1.165) is 5.56 Å². The van der Waals surface area contributed by atoms with Crippen molar-refractivity contribution in [3.05, 3.63) is 71.1 Å². The molecule has 5 nitrogen and oxygen atoms in total. The predicted octanol–water partition coefficient (Wildman–Crippen LogP) is 3.77. The highest BCUT2D eigenvalue weighted by molar-refractivity contribution is 6.30. The van der Waals surface area contributed by atoms with Gasteiger partial charge in [-0.25, -0.2) is 4.98 Å². The molecule has 3 heterocycles. The first-order valence-corrected chi connectivity index (χ1v) is 7.28. The summed E-state index contributed by atoms with van der Waals surface area (Å²) in [4.78, 5) is 4.19. The number of hydrogen-bond donors (Lipinski definition) is 0. The average molecular weight is 329 g/mol. The Bertz CT molecular complexity index is 977. The van der Waals surface area contributed by atoms with Crippen LogP contribution < -0.4 is 0 Å². The van der Waals surface area contributed by atoms with Gasteiger partial charge in [0, 0.05) is 11.2 Å². The summed E-state index contributed by atoms with van der Waals surface area (Å²) in [5, 5.41) is 8.51. The summed E-state index contributed by atoms with van der Waals surface area (Å²) < 4.78 is 21.2. The highest BCUT2D eigenvalue weighted by Gasteiger charge is 2.19. The number of halogens is 2. The van der Waals surface area contributed by atoms with Crippen molar-refractivity contribution >= 4 is 17.2 Å². The molecular weight excluding hydrogens is 319 g/mol. The molecule has 0 atom stereocenters. The molecule has 0 saturated carbocycles. The fourth-order valence-electron chi connectivity index (χ4n) is 2.30. The van der Waals surface area contributed by atoms with Crippen molar-refractivity contribution in [3.8, 4) is 11.6 Å². The first-order valence-electron chi connectivity index (χ1n) is 6.90. The lowest BCUT2D eigenvalue weighted by atomic mass is 10.1. The van der Waals surface area contributed by atoms with Gasteiger partial charge < -0.3 is 4.42 Å². The molecule has 0 amide bonds. The van der Waals surface area contributed by atoms with E-state index in [4.69, 9.17) is 16.0 Å². The number of fused-ring (bicyclic) bond motifs is 1. The van der Waals surface area contributed by atoms with E-state index in [1.165, 1.54) is 4.40 Å². The van der Waals surface area contributed by atoms with E-state index >= 15 is 0 Å². The molecule has 0 spiro atoms. The van der Waals surface area contributed by atoms with Gasteiger partial charge in [-0.2, -0.15) is 4.39 Å². The number of hydrogen-bond acceptors (Lipinski definition) is 4. The molecule has 4 aromatic rings. The fraction of sp³-hybridized carbons (Fsp3) is 0.0625. The van der Waals surface area contributed by atoms with Crippen LogP contribution in [0.3, 0.4) is 0 Å². The van der Waals surface area contributed by atoms with E-state index in [1.807, 2.05) is 12.1 Å². The Labute approximate surface area is 135 Å². The van der Waals surface area contributed by atoms with E-state index < -0.39 is 5.95 Å². The molecule has 4 rings (SSSR count). The van der Waals surface area contributed by atoms with Gasteiger partial charge in [-0.1, -0.05) is 29.8 Å². The van der Waals surface area contributed by atoms with E-state index in [-0.39, 0.29) is 11.6 Å². The van der Waals surface area contributed by atoms with Gasteiger partial charge in [0.05, 0.1) is 6.42 Å².